The average molecular weight is 302 g/mol. The van der Waals surface area contributed by atoms with Crippen LogP contribution in [0.2, 0.25) is 0 Å². The van der Waals surface area contributed by atoms with Gasteiger partial charge in [-0.1, -0.05) is 28.6 Å². The van der Waals surface area contributed by atoms with Crippen molar-refractivity contribution in [1.29, 1.82) is 0 Å². The van der Waals surface area contributed by atoms with Crippen molar-refractivity contribution in [3.8, 4) is 0 Å². The van der Waals surface area contributed by atoms with Gasteiger partial charge in [0.25, 0.3) is 0 Å². The fourth-order valence-electron chi connectivity index (χ4n) is 0.902. The van der Waals surface area contributed by atoms with Gasteiger partial charge in [-0.2, -0.15) is 0 Å². The highest BCUT2D eigenvalue weighted by Gasteiger charge is 2.16. The molecule has 0 spiro atoms. The number of amides is 1. The first-order chi connectivity index (χ1) is 7.61. The maximum absolute atomic E-state index is 11.6. The van der Waals surface area contributed by atoms with Crippen molar-refractivity contribution in [2.75, 3.05) is 0 Å². The number of hydrogen-bond donors (Lipinski definition) is 1. The van der Waals surface area contributed by atoms with Crippen molar-refractivity contribution in [2.24, 2.45) is 0 Å². The molecule has 3 nitrogen and oxygen atoms in total. The first-order valence-corrected chi connectivity index (χ1v) is 6.11. The summed E-state index contributed by atoms with van der Waals surface area (Å²) in [6.45, 7) is 13.0. The van der Waals surface area contributed by atoms with Gasteiger partial charge in [0, 0.05) is 5.70 Å². The summed E-state index contributed by atoms with van der Waals surface area (Å²) < 4.78 is 6.12. The lowest BCUT2D eigenvalue weighted by atomic mass is 10.2. The molecule has 0 aliphatic heterocycles. The van der Waals surface area contributed by atoms with E-state index in [0.717, 1.165) is 10.1 Å². The van der Waals surface area contributed by atoms with Gasteiger partial charge in [0.2, 0.25) is 0 Å². The van der Waals surface area contributed by atoms with Crippen LogP contribution in [0.4, 0.5) is 4.79 Å². The van der Waals surface area contributed by atoms with Crippen LogP contribution in [-0.4, -0.2) is 11.7 Å². The van der Waals surface area contributed by atoms with Gasteiger partial charge >= 0.3 is 6.09 Å². The van der Waals surface area contributed by atoms with E-state index in [4.69, 9.17) is 4.74 Å². The van der Waals surface area contributed by atoms with E-state index in [1.54, 1.807) is 6.08 Å². The smallest absolute Gasteiger partial charge is 0.412 e. The van der Waals surface area contributed by atoms with Crippen LogP contribution in [0, 0.1) is 0 Å². The normalized spacial score (nSPS) is 13.3. The zero-order chi connectivity index (χ0) is 13.6. The highest BCUT2D eigenvalue weighted by Crippen LogP contribution is 2.10. The molecule has 1 amide bonds. The lowest BCUT2D eigenvalue weighted by Crippen LogP contribution is -2.32. The lowest BCUT2D eigenvalue weighted by molar-refractivity contribution is 0.0547. The zero-order valence-electron chi connectivity index (χ0n) is 11.1. The number of hydrogen-bond acceptors (Lipinski definition) is 2. The molecule has 0 aromatic carbocycles. The molecule has 0 saturated carbocycles. The minimum Gasteiger partial charge on any atom is -0.444 e. The van der Waals surface area contributed by atoms with E-state index >= 15 is 0 Å². The van der Waals surface area contributed by atoms with Gasteiger partial charge < -0.3 is 4.74 Å². The molecule has 96 valence electrons. The third-order valence-corrected chi connectivity index (χ3v) is 1.84. The predicted octanol–water partition coefficient (Wildman–Crippen LogP) is 4.27. The molecule has 0 aliphatic rings. The Balaban J connectivity index is 4.69. The monoisotopic (exact) mass is 301 g/mol. The molecule has 0 heterocycles. The van der Waals surface area contributed by atoms with E-state index in [0.29, 0.717) is 5.70 Å². The third-order valence-electron chi connectivity index (χ3n) is 1.58. The number of carbonyl (C=O) groups excluding carboxylic acids is 1. The second kappa shape index (κ2) is 6.64. The summed E-state index contributed by atoms with van der Waals surface area (Å²) in [7, 11) is 0. The second-order valence-electron chi connectivity index (χ2n) is 4.74. The van der Waals surface area contributed by atoms with Crippen molar-refractivity contribution in [2.45, 2.75) is 40.2 Å². The Labute approximate surface area is 112 Å². The number of ether oxygens (including phenoxy) is 1. The van der Waals surface area contributed by atoms with Crippen LogP contribution in [0.3, 0.4) is 0 Å². The van der Waals surface area contributed by atoms with E-state index in [-0.39, 0.29) is 0 Å². The Morgan fingerprint density at radius 3 is 2.18 bits per heavy atom. The lowest BCUT2D eigenvalue weighted by Gasteiger charge is -2.20. The van der Waals surface area contributed by atoms with Crippen LogP contribution < -0.4 is 5.32 Å². The SMILES string of the molecule is C=C(C)/C(=C\C=C(/C)Br)NC(=O)OC(C)(C)C. The van der Waals surface area contributed by atoms with Crippen LogP contribution in [0.1, 0.15) is 34.6 Å². The molecular formula is C13H20BrNO2. The molecule has 0 bridgehead atoms. The molecule has 1 N–H and O–H groups in total. The Hall–Kier alpha value is -1.03. The predicted molar refractivity (Wildman–Crippen MR) is 75.0 cm³/mol. The summed E-state index contributed by atoms with van der Waals surface area (Å²) in [5.74, 6) is 0. The van der Waals surface area contributed by atoms with Gasteiger partial charge in [0.15, 0.2) is 0 Å². The van der Waals surface area contributed by atoms with E-state index in [1.807, 2.05) is 40.7 Å². The number of nitrogens with one attached hydrogen (secondary N) is 1. The first kappa shape index (κ1) is 16.0. The van der Waals surface area contributed by atoms with Gasteiger partial charge in [-0.25, -0.2) is 4.79 Å². The maximum atomic E-state index is 11.6. The van der Waals surface area contributed by atoms with Crippen LogP contribution >= 0.6 is 15.9 Å². The highest BCUT2D eigenvalue weighted by molar-refractivity contribution is 9.11. The molecule has 0 aromatic rings. The summed E-state index contributed by atoms with van der Waals surface area (Å²) in [4.78, 5) is 11.6. The summed E-state index contributed by atoms with van der Waals surface area (Å²) in [5, 5.41) is 2.66. The van der Waals surface area contributed by atoms with E-state index < -0.39 is 11.7 Å². The molecule has 0 aromatic heterocycles. The Morgan fingerprint density at radius 2 is 1.82 bits per heavy atom. The van der Waals surface area contributed by atoms with Gasteiger partial charge in [-0.05, 0) is 50.8 Å². The van der Waals surface area contributed by atoms with Crippen molar-refractivity contribution < 1.29 is 9.53 Å². The second-order valence-corrected chi connectivity index (χ2v) is 5.99. The fraction of sp³-hybridized carbons (Fsp3) is 0.462. The molecule has 0 atom stereocenters. The van der Waals surface area contributed by atoms with Crippen molar-refractivity contribution >= 4 is 22.0 Å². The molecule has 4 heteroatoms. The van der Waals surface area contributed by atoms with Crippen LogP contribution in [0.15, 0.2) is 34.5 Å². The molecular weight excluding hydrogens is 282 g/mol. The third kappa shape index (κ3) is 8.74. The molecule has 0 radical (unpaired) electrons. The van der Waals surface area contributed by atoms with E-state index in [2.05, 4.69) is 27.8 Å². The number of rotatable bonds is 3. The summed E-state index contributed by atoms with van der Waals surface area (Å²) in [5.41, 5.74) is 0.893. The quantitative estimate of drug-likeness (QED) is 0.791. The number of carbonyl (C=O) groups is 1. The van der Waals surface area contributed by atoms with Gasteiger partial charge in [-0.3, -0.25) is 5.32 Å². The Kier molecular flexibility index (Phi) is 6.24. The van der Waals surface area contributed by atoms with E-state index in [1.165, 1.54) is 0 Å². The Bertz CT molecular complexity index is 358. The maximum Gasteiger partial charge on any atom is 0.412 e. The summed E-state index contributed by atoms with van der Waals surface area (Å²) >= 11 is 3.31. The number of allylic oxidation sites excluding steroid dienone is 4. The fourth-order valence-corrected chi connectivity index (χ4v) is 1.03. The molecule has 0 saturated heterocycles. The molecule has 0 unspecified atom stereocenters. The average Bonchev–Trinajstić information content (AvgIpc) is 2.08. The minimum absolute atomic E-state index is 0.479. The summed E-state index contributed by atoms with van der Waals surface area (Å²) in [6, 6.07) is 0. The Morgan fingerprint density at radius 1 is 1.29 bits per heavy atom. The standard InChI is InChI=1S/C13H20BrNO2/c1-9(2)11(8-7-10(3)14)15-12(16)17-13(4,5)6/h7-8H,1H2,2-6H3,(H,15,16)/b10-7+,11-8+. The zero-order valence-corrected chi connectivity index (χ0v) is 12.6. The molecule has 0 fully saturated rings. The van der Waals surface area contributed by atoms with Crippen LogP contribution in [-0.2, 0) is 4.74 Å². The van der Waals surface area contributed by atoms with Crippen LogP contribution in [0.25, 0.3) is 0 Å². The van der Waals surface area contributed by atoms with Gasteiger partial charge in [-0.15, -0.1) is 0 Å². The molecule has 17 heavy (non-hydrogen) atoms. The van der Waals surface area contributed by atoms with Crippen LogP contribution in [0.5, 0.6) is 0 Å². The molecule has 0 rings (SSSR count). The van der Waals surface area contributed by atoms with E-state index in [9.17, 15) is 4.79 Å². The summed E-state index contributed by atoms with van der Waals surface area (Å²) in [6.07, 6.45) is 3.13. The van der Waals surface area contributed by atoms with Gasteiger partial charge in [0.05, 0.1) is 0 Å². The number of alkyl carbamates (subject to hydrolysis) is 1. The van der Waals surface area contributed by atoms with Crippen molar-refractivity contribution in [3.63, 3.8) is 0 Å². The minimum atomic E-state index is -0.508. The largest absolute Gasteiger partial charge is 0.444 e. The first-order valence-electron chi connectivity index (χ1n) is 5.32. The van der Waals surface area contributed by atoms with Crippen molar-refractivity contribution in [3.05, 3.63) is 34.5 Å². The van der Waals surface area contributed by atoms with Gasteiger partial charge in [0.1, 0.15) is 5.60 Å². The number of halogens is 1. The topological polar surface area (TPSA) is 38.3 Å². The van der Waals surface area contributed by atoms with Crippen molar-refractivity contribution in [1.82, 2.24) is 5.32 Å². The highest BCUT2D eigenvalue weighted by atomic mass is 79.9. The molecule has 0 aliphatic carbocycles.